The molecule has 2 bridgehead atoms. The zero-order chi connectivity index (χ0) is 32.6. The number of rotatable bonds is 0. The van der Waals surface area contributed by atoms with E-state index in [2.05, 4.69) is 138 Å². The molecule has 0 fully saturated rings. The fourth-order valence-electron chi connectivity index (χ4n) is 3.78. The lowest BCUT2D eigenvalue weighted by Crippen LogP contribution is -2.08. The molecule has 0 saturated heterocycles. The average molecular weight is 589 g/mol. The van der Waals surface area contributed by atoms with Crippen molar-refractivity contribution in [1.29, 1.82) is 0 Å². The van der Waals surface area contributed by atoms with Crippen molar-refractivity contribution in [3.63, 3.8) is 0 Å². The first-order valence-electron chi connectivity index (χ1n) is 15.5. The fourth-order valence-corrected chi connectivity index (χ4v) is 3.78. The molecule has 45 heavy (non-hydrogen) atoms. The number of fused-ring (bicyclic) bond motifs is 2. The predicted octanol–water partition coefficient (Wildman–Crippen LogP) is 11.9. The van der Waals surface area contributed by atoms with Crippen LogP contribution in [0.4, 0.5) is 0 Å². The van der Waals surface area contributed by atoms with Gasteiger partial charge in [0.25, 0.3) is 0 Å². The molecule has 0 N–H and O–H groups in total. The second-order valence-electron chi connectivity index (χ2n) is 12.4. The Kier molecular flexibility index (Phi) is 16.7. The van der Waals surface area contributed by atoms with Gasteiger partial charge in [-0.15, -0.1) is 0 Å². The van der Waals surface area contributed by atoms with Crippen molar-refractivity contribution in [1.82, 2.24) is 0 Å². The van der Waals surface area contributed by atoms with Crippen molar-refractivity contribution in [2.24, 2.45) is 10.8 Å². The molecule has 0 aromatic rings. The summed E-state index contributed by atoms with van der Waals surface area (Å²) in [4.78, 5) is 0. The van der Waals surface area contributed by atoms with Crippen molar-refractivity contribution in [3.05, 3.63) is 192 Å². The van der Waals surface area contributed by atoms with Crippen LogP contribution < -0.4 is 0 Å². The zero-order valence-electron chi connectivity index (χ0n) is 27.9. The van der Waals surface area contributed by atoms with E-state index in [0.29, 0.717) is 0 Å². The summed E-state index contributed by atoms with van der Waals surface area (Å²) in [6, 6.07) is 0. The summed E-state index contributed by atoms with van der Waals surface area (Å²) in [5.74, 6) is 12.7. The maximum Gasteiger partial charge on any atom is 0.00841 e. The minimum atomic E-state index is -0.0759. The minimum Gasteiger partial charge on any atom is -0.0623 e. The first kappa shape index (κ1) is 36.2. The first-order chi connectivity index (χ1) is 21.7. The number of hydrogen-bond donors (Lipinski definition) is 0. The summed E-state index contributed by atoms with van der Waals surface area (Å²) in [5.41, 5.74) is 4.46. The maximum absolute atomic E-state index is 3.28. The highest BCUT2D eigenvalue weighted by Crippen LogP contribution is 2.25. The SMILES string of the molecule is CC(C)(C)\C1=C/C=C/C=C/C=C/C=C/C=C/C=C\C2=CC=CC=C(/C=C/C=C/C=C/C=C/C=C/C=C(\C(C)(C)C)C#CC#C1)C2. The molecule has 2 aliphatic carbocycles. The van der Waals surface area contributed by atoms with Gasteiger partial charge in [-0.25, -0.2) is 0 Å². The van der Waals surface area contributed by atoms with Gasteiger partial charge in [0.1, 0.15) is 0 Å². The number of hydrogen-bond acceptors (Lipinski definition) is 0. The molecular weight excluding hydrogens is 540 g/mol. The van der Waals surface area contributed by atoms with E-state index >= 15 is 0 Å². The molecule has 0 heterocycles. The zero-order valence-corrected chi connectivity index (χ0v) is 27.9. The van der Waals surface area contributed by atoms with Gasteiger partial charge in [-0.1, -0.05) is 224 Å². The van der Waals surface area contributed by atoms with E-state index in [4.69, 9.17) is 0 Å². The van der Waals surface area contributed by atoms with Crippen LogP contribution in [0, 0.1) is 34.5 Å². The predicted molar refractivity (Wildman–Crippen MR) is 201 cm³/mol. The van der Waals surface area contributed by atoms with Gasteiger partial charge in [0.05, 0.1) is 0 Å². The molecule has 0 radical (unpaired) electrons. The molecular formula is C45H48. The highest BCUT2D eigenvalue weighted by molar-refractivity contribution is 5.46. The topological polar surface area (TPSA) is 0 Å². The Morgan fingerprint density at radius 2 is 0.622 bits per heavy atom. The third-order valence-electron chi connectivity index (χ3n) is 6.36. The molecule has 2 rings (SSSR count). The van der Waals surface area contributed by atoms with Crippen LogP contribution in [0.1, 0.15) is 48.0 Å². The van der Waals surface area contributed by atoms with Gasteiger partial charge in [0.15, 0.2) is 0 Å². The van der Waals surface area contributed by atoms with Crippen LogP contribution in [-0.4, -0.2) is 0 Å². The molecule has 0 unspecified atom stereocenters. The summed E-state index contributed by atoms with van der Waals surface area (Å²) >= 11 is 0. The van der Waals surface area contributed by atoms with Gasteiger partial charge in [-0.05, 0) is 40.2 Å². The first-order valence-corrected chi connectivity index (χ1v) is 15.5. The number of allylic oxidation sites excluding steroid dienone is 32. The third-order valence-corrected chi connectivity index (χ3v) is 6.36. The van der Waals surface area contributed by atoms with E-state index < -0.39 is 0 Å². The van der Waals surface area contributed by atoms with Gasteiger partial charge in [0, 0.05) is 11.1 Å². The smallest absolute Gasteiger partial charge is 0.00841 e. The van der Waals surface area contributed by atoms with Crippen molar-refractivity contribution >= 4 is 0 Å². The van der Waals surface area contributed by atoms with Crippen molar-refractivity contribution in [2.75, 3.05) is 0 Å². The lowest BCUT2D eigenvalue weighted by Gasteiger charge is -2.18. The molecule has 0 heteroatoms. The monoisotopic (exact) mass is 588 g/mol. The van der Waals surface area contributed by atoms with Crippen LogP contribution in [0.25, 0.3) is 0 Å². The van der Waals surface area contributed by atoms with Crippen LogP contribution >= 0.6 is 0 Å². The summed E-state index contributed by atoms with van der Waals surface area (Å²) in [6.45, 7) is 13.0. The Morgan fingerprint density at radius 1 is 0.356 bits per heavy atom. The molecule has 0 amide bonds. The highest BCUT2D eigenvalue weighted by atomic mass is 14.2. The van der Waals surface area contributed by atoms with E-state index in [0.717, 1.165) is 17.6 Å². The van der Waals surface area contributed by atoms with Crippen LogP contribution in [-0.2, 0) is 0 Å². The Hall–Kier alpha value is -5.04. The Bertz CT molecular complexity index is 1590. The normalized spacial score (nSPS) is 27.1. The van der Waals surface area contributed by atoms with Crippen LogP contribution in [0.3, 0.4) is 0 Å². The fraction of sp³-hybridized carbons (Fsp3) is 0.200. The molecule has 2 aliphatic rings. The van der Waals surface area contributed by atoms with Crippen LogP contribution in [0.2, 0.25) is 0 Å². The molecule has 0 saturated carbocycles. The van der Waals surface area contributed by atoms with E-state index in [1.54, 1.807) is 0 Å². The molecule has 0 aliphatic heterocycles. The van der Waals surface area contributed by atoms with Gasteiger partial charge in [-0.3, -0.25) is 0 Å². The summed E-state index contributed by atoms with van der Waals surface area (Å²) < 4.78 is 0. The van der Waals surface area contributed by atoms with Crippen LogP contribution in [0.15, 0.2) is 192 Å². The molecule has 0 atom stereocenters. The molecule has 0 aromatic heterocycles. The van der Waals surface area contributed by atoms with E-state index in [1.807, 2.05) is 97.2 Å². The molecule has 0 aromatic carbocycles. The Labute approximate surface area is 274 Å². The molecule has 228 valence electrons. The summed E-state index contributed by atoms with van der Waals surface area (Å²) in [7, 11) is 0. The molecule has 0 spiro atoms. The standard InChI is InChI=1S/C45H48/c1-44(2,3)42-35-25-21-17-13-9-7-8-11-15-19-23-31-40-33-27-28-34-41(39-40)32-24-20-16-12-10-14-18-22-26-36-43(45(4,5)6)38-30-29-37-42/h7-28,31-36H,39H2,1-6H3/b8-7?,9-7+,11-8+,12-10+,13-9?,14-10?,15-11?,16-12?,17-13+,18-14+,19-15+,20-16+,21-17?,22-18?,23-19?,24-20?,25-21+,26-22+,31-23-,32-24+,35-25?,36-26?,40-31?,41-32?,42-35-,43-36-. The lowest BCUT2D eigenvalue weighted by atomic mass is 9.86. The highest BCUT2D eigenvalue weighted by Gasteiger charge is 2.15. The summed E-state index contributed by atoms with van der Waals surface area (Å²) in [5, 5.41) is 0. The quantitative estimate of drug-likeness (QED) is 0.247. The third kappa shape index (κ3) is 17.6. The van der Waals surface area contributed by atoms with E-state index in [-0.39, 0.29) is 10.8 Å². The van der Waals surface area contributed by atoms with E-state index in [1.165, 1.54) is 11.1 Å². The Morgan fingerprint density at radius 3 is 0.933 bits per heavy atom. The summed E-state index contributed by atoms with van der Waals surface area (Å²) in [6.07, 6.45) is 58.5. The average Bonchev–Trinajstić information content (AvgIpc) is 3.21. The second kappa shape index (κ2) is 20.8. The Balaban J connectivity index is 2.31. The van der Waals surface area contributed by atoms with Crippen molar-refractivity contribution in [3.8, 4) is 23.7 Å². The second-order valence-corrected chi connectivity index (χ2v) is 12.4. The largest absolute Gasteiger partial charge is 0.0623 e. The van der Waals surface area contributed by atoms with Crippen molar-refractivity contribution in [2.45, 2.75) is 48.0 Å². The van der Waals surface area contributed by atoms with Gasteiger partial charge in [0.2, 0.25) is 0 Å². The van der Waals surface area contributed by atoms with Gasteiger partial charge < -0.3 is 0 Å². The van der Waals surface area contributed by atoms with Crippen molar-refractivity contribution < 1.29 is 0 Å². The molecule has 0 nitrogen and oxygen atoms in total. The van der Waals surface area contributed by atoms with Gasteiger partial charge >= 0.3 is 0 Å². The minimum absolute atomic E-state index is 0.0747. The maximum atomic E-state index is 3.28. The van der Waals surface area contributed by atoms with Gasteiger partial charge in [-0.2, -0.15) is 0 Å². The van der Waals surface area contributed by atoms with E-state index in [9.17, 15) is 0 Å². The van der Waals surface area contributed by atoms with Crippen LogP contribution in [0.5, 0.6) is 0 Å². The lowest BCUT2D eigenvalue weighted by molar-refractivity contribution is 0.521.